The Bertz CT molecular complexity index is 934. The first kappa shape index (κ1) is 24.2. The molecule has 0 heterocycles. The molecule has 0 bridgehead atoms. The zero-order chi connectivity index (χ0) is 24.3. The minimum atomic E-state index is -4.35. The van der Waals surface area contributed by atoms with Crippen molar-refractivity contribution in [3.05, 3.63) is 35.4 Å². The maximum absolute atomic E-state index is 13.2. The van der Waals surface area contributed by atoms with Gasteiger partial charge in [-0.2, -0.15) is 13.2 Å². The summed E-state index contributed by atoms with van der Waals surface area (Å²) < 4.78 is 45.7. The maximum Gasteiger partial charge on any atom is 0.416 e. The van der Waals surface area contributed by atoms with Crippen LogP contribution in [0, 0.1) is 46.8 Å². The van der Waals surface area contributed by atoms with Crippen LogP contribution in [0.25, 0.3) is 0 Å². The van der Waals surface area contributed by atoms with Crippen molar-refractivity contribution in [2.45, 2.75) is 89.0 Å². The molecule has 0 saturated heterocycles. The van der Waals surface area contributed by atoms with Crippen LogP contribution in [0.1, 0.15) is 81.8 Å². The molecular formula is C29H37F3O2. The topological polar surface area (TPSA) is 29.5 Å². The van der Waals surface area contributed by atoms with Crippen molar-refractivity contribution in [1.29, 1.82) is 0 Å². The highest BCUT2D eigenvalue weighted by molar-refractivity contribution is 5.36. The van der Waals surface area contributed by atoms with Crippen molar-refractivity contribution in [3.8, 4) is 12.3 Å². The smallest absolute Gasteiger partial charge is 0.393 e. The van der Waals surface area contributed by atoms with Crippen molar-refractivity contribution in [2.24, 2.45) is 34.5 Å². The monoisotopic (exact) mass is 474 g/mol. The molecule has 186 valence electrons. The van der Waals surface area contributed by atoms with Crippen molar-refractivity contribution >= 4 is 0 Å². The van der Waals surface area contributed by atoms with Crippen LogP contribution in [0.3, 0.4) is 0 Å². The molecule has 5 rings (SSSR count). The Balaban J connectivity index is 1.50. The minimum Gasteiger partial charge on any atom is -0.393 e. The third kappa shape index (κ3) is 3.54. The van der Waals surface area contributed by atoms with Crippen molar-refractivity contribution in [3.63, 3.8) is 0 Å². The number of alkyl halides is 3. The largest absolute Gasteiger partial charge is 0.416 e. The van der Waals surface area contributed by atoms with E-state index in [2.05, 4.69) is 12.8 Å². The van der Waals surface area contributed by atoms with Crippen molar-refractivity contribution in [1.82, 2.24) is 0 Å². The Morgan fingerprint density at radius 1 is 1.03 bits per heavy atom. The number of aliphatic hydroxyl groups is 1. The van der Waals surface area contributed by atoms with E-state index in [1.54, 1.807) is 19.2 Å². The second-order valence-corrected chi connectivity index (χ2v) is 11.8. The molecule has 5 heteroatoms. The number of methoxy groups -OCH3 is 1. The summed E-state index contributed by atoms with van der Waals surface area (Å²) in [5, 5.41) is 10.3. The van der Waals surface area contributed by atoms with E-state index in [1.807, 2.05) is 0 Å². The maximum atomic E-state index is 13.2. The molecule has 1 unspecified atom stereocenters. The number of benzene rings is 1. The van der Waals surface area contributed by atoms with Gasteiger partial charge in [0.05, 0.1) is 23.7 Å². The minimum absolute atomic E-state index is 0.0282. The lowest BCUT2D eigenvalue weighted by molar-refractivity contribution is -0.145. The normalized spacial score (nSPS) is 42.7. The summed E-state index contributed by atoms with van der Waals surface area (Å²) >= 11 is 0. The van der Waals surface area contributed by atoms with E-state index in [0.29, 0.717) is 23.7 Å². The molecule has 0 amide bonds. The molecule has 4 aliphatic rings. The van der Waals surface area contributed by atoms with Gasteiger partial charge < -0.3 is 9.84 Å². The zero-order valence-electron chi connectivity index (χ0n) is 20.3. The van der Waals surface area contributed by atoms with Crippen LogP contribution in [0.2, 0.25) is 0 Å². The predicted octanol–water partition coefficient (Wildman–Crippen LogP) is 6.82. The van der Waals surface area contributed by atoms with Crippen LogP contribution in [0.4, 0.5) is 13.2 Å². The first-order valence-electron chi connectivity index (χ1n) is 13.0. The van der Waals surface area contributed by atoms with E-state index in [1.165, 1.54) is 12.1 Å². The molecule has 9 atom stereocenters. The molecule has 1 aromatic rings. The Kier molecular flexibility index (Phi) is 6.09. The van der Waals surface area contributed by atoms with E-state index in [9.17, 15) is 18.3 Å². The lowest BCUT2D eigenvalue weighted by Gasteiger charge is -2.62. The number of terminal acetylenes is 1. The molecule has 4 aliphatic carbocycles. The Morgan fingerprint density at radius 2 is 1.76 bits per heavy atom. The van der Waals surface area contributed by atoms with Gasteiger partial charge >= 0.3 is 6.18 Å². The molecule has 4 fully saturated rings. The standard InChI is InChI=1S/C29H37F3O2/c1-4-23(18-5-7-19(8-6-18)29(30,31)32)28-16-14-24-22(25(28)11-12-26(28)34-3)10-9-20-17-21(33)13-15-27(20,24)2/h1,5-8,20-26,33H,9-17H2,2-3H3/t20-,21-,22-,23?,24+,25+,26+,27+,28-/m1/s1. The Morgan fingerprint density at radius 3 is 2.41 bits per heavy atom. The first-order valence-corrected chi connectivity index (χ1v) is 13.0. The predicted molar refractivity (Wildman–Crippen MR) is 126 cm³/mol. The average Bonchev–Trinajstić information content (AvgIpc) is 3.19. The Labute approximate surface area is 201 Å². The molecule has 0 radical (unpaired) electrons. The van der Waals surface area contributed by atoms with E-state index < -0.39 is 11.7 Å². The van der Waals surface area contributed by atoms with Crippen LogP contribution in [-0.4, -0.2) is 24.4 Å². The third-order valence-corrected chi connectivity index (χ3v) is 10.7. The van der Waals surface area contributed by atoms with Gasteiger partial charge in [-0.1, -0.05) is 25.0 Å². The van der Waals surface area contributed by atoms with Crippen molar-refractivity contribution < 1.29 is 23.0 Å². The lowest BCUT2D eigenvalue weighted by atomic mass is 9.43. The molecule has 1 N–H and O–H groups in total. The number of fused-ring (bicyclic) bond motifs is 5. The van der Waals surface area contributed by atoms with Crippen LogP contribution in [-0.2, 0) is 10.9 Å². The molecule has 0 spiro atoms. The summed E-state index contributed by atoms with van der Waals surface area (Å²) in [7, 11) is 1.77. The van der Waals surface area contributed by atoms with Gasteiger partial charge in [0, 0.05) is 12.5 Å². The fourth-order valence-electron chi connectivity index (χ4n) is 9.22. The summed E-state index contributed by atoms with van der Waals surface area (Å²) in [5.41, 5.74) is 0.204. The molecule has 0 aliphatic heterocycles. The fraction of sp³-hybridized carbons (Fsp3) is 0.724. The van der Waals surface area contributed by atoms with Crippen LogP contribution in [0.15, 0.2) is 24.3 Å². The van der Waals surface area contributed by atoms with Gasteiger partial charge in [0.15, 0.2) is 0 Å². The summed E-state index contributed by atoms with van der Waals surface area (Å²) in [6.45, 7) is 2.46. The molecule has 34 heavy (non-hydrogen) atoms. The SMILES string of the molecule is C#CC(c1ccc(C(F)(F)F)cc1)[C@]12CC[C@H]3[C@@H](CC[C@@H]4C[C@H](O)CC[C@@]43C)[C@@H]1CC[C@@H]2OC. The van der Waals surface area contributed by atoms with Crippen LogP contribution >= 0.6 is 0 Å². The summed E-state index contributed by atoms with van der Waals surface area (Å²) in [5.74, 6) is 4.98. The molecule has 4 saturated carbocycles. The summed E-state index contributed by atoms with van der Waals surface area (Å²) in [4.78, 5) is 0. The number of rotatable bonds is 3. The Hall–Kier alpha value is -1.51. The van der Waals surface area contributed by atoms with Gasteiger partial charge in [-0.05, 0) is 105 Å². The number of aliphatic hydroxyl groups excluding tert-OH is 1. The number of halogens is 3. The second-order valence-electron chi connectivity index (χ2n) is 11.8. The second kappa shape index (κ2) is 8.56. The van der Waals surface area contributed by atoms with Gasteiger partial charge in [-0.25, -0.2) is 0 Å². The lowest BCUT2D eigenvalue weighted by Crippen LogP contribution is -2.56. The van der Waals surface area contributed by atoms with Gasteiger partial charge in [0.25, 0.3) is 0 Å². The van der Waals surface area contributed by atoms with Gasteiger partial charge in [0.1, 0.15) is 0 Å². The number of hydrogen-bond acceptors (Lipinski definition) is 2. The van der Waals surface area contributed by atoms with E-state index >= 15 is 0 Å². The van der Waals surface area contributed by atoms with E-state index in [-0.39, 0.29) is 29.0 Å². The highest BCUT2D eigenvalue weighted by atomic mass is 19.4. The van der Waals surface area contributed by atoms with Gasteiger partial charge in [-0.3, -0.25) is 0 Å². The van der Waals surface area contributed by atoms with Crippen LogP contribution < -0.4 is 0 Å². The first-order chi connectivity index (χ1) is 16.1. The van der Waals surface area contributed by atoms with Gasteiger partial charge in [-0.15, -0.1) is 6.42 Å². The van der Waals surface area contributed by atoms with E-state index in [4.69, 9.17) is 11.2 Å². The summed E-state index contributed by atoms with van der Waals surface area (Å²) in [6.07, 6.45) is 11.0. The molecule has 2 nitrogen and oxygen atoms in total. The van der Waals surface area contributed by atoms with Crippen LogP contribution in [0.5, 0.6) is 0 Å². The fourth-order valence-corrected chi connectivity index (χ4v) is 9.22. The average molecular weight is 475 g/mol. The molecule has 1 aromatic carbocycles. The van der Waals surface area contributed by atoms with Crippen molar-refractivity contribution in [2.75, 3.05) is 7.11 Å². The number of hydrogen-bond donors (Lipinski definition) is 1. The molecular weight excluding hydrogens is 437 g/mol. The quantitative estimate of drug-likeness (QED) is 0.487. The number of ether oxygens (including phenoxy) is 1. The van der Waals surface area contributed by atoms with E-state index in [0.717, 1.165) is 63.4 Å². The highest BCUT2D eigenvalue weighted by Crippen LogP contribution is 2.69. The zero-order valence-corrected chi connectivity index (χ0v) is 20.3. The third-order valence-electron chi connectivity index (χ3n) is 10.7. The van der Waals surface area contributed by atoms with Gasteiger partial charge in [0.2, 0.25) is 0 Å². The summed E-state index contributed by atoms with van der Waals surface area (Å²) in [6, 6.07) is 5.54. The highest BCUT2D eigenvalue weighted by Gasteiger charge is 2.64. The molecule has 0 aromatic heterocycles.